The Morgan fingerprint density at radius 3 is 0.571 bits per heavy atom. The zero-order valence-corrected chi connectivity index (χ0v) is 51.5. The van der Waals surface area contributed by atoms with Crippen LogP contribution in [-0.4, -0.2) is 115 Å². The van der Waals surface area contributed by atoms with Crippen molar-refractivity contribution < 1.29 is 49.4 Å². The second-order valence-electron chi connectivity index (χ2n) is 24.5. The average molecular weight is 1110 g/mol. The molecule has 6 aliphatic heterocycles. The standard InChI is InChI=1S/C47H89N3O12Si8/c1-49(2)47(50(3)4)48-70-60-67(44-34-20-9-21-35-44)54-64(41-28-14-6-15-29-41)51-63(40-26-12-5-13-27-40)52-65(56-67,42-30-16-7-17-31-42)58-69(62-70,46-38-24-11-25-39-46)59-66(53-63,43-32-18-8-19-33-43)57-68(55-64,61-70)45-36-22-10-23-37-45/h40-46H,5-39H2,1-4H3. The molecule has 6 saturated heterocycles. The van der Waals surface area contributed by atoms with E-state index < -0.39 is 70.6 Å². The Hall–Kier alpha value is 0.525. The Bertz CT molecular complexity index is 1660. The van der Waals surface area contributed by atoms with E-state index in [1.165, 1.54) is 44.9 Å². The first-order valence-corrected chi connectivity index (χ1v) is 43.6. The van der Waals surface area contributed by atoms with E-state index in [-0.39, 0.29) is 38.8 Å². The van der Waals surface area contributed by atoms with Crippen LogP contribution in [0.15, 0.2) is 4.66 Å². The summed E-state index contributed by atoms with van der Waals surface area (Å²) in [5, 5.41) is 0. The lowest BCUT2D eigenvalue weighted by Crippen LogP contribution is -2.91. The molecule has 13 fully saturated rings. The van der Waals surface area contributed by atoms with Gasteiger partial charge in [-0.25, -0.2) is 4.66 Å². The SMILES string of the molecule is CN(C)C(=N[Si]12O[Si]3(C4CCCCC4)O[Si]4(C5CCCCC5)O[Si](C5CCCCC5)(O1)O[Si]1(C5CCCCC5)O[Si](C5CCCCC5)(O2)O[Si](C2CCCCC2)(O3)O[Si](C2CCCCC2)(O4)O1)N(C)C. The zero-order valence-electron chi connectivity index (χ0n) is 43.5. The van der Waals surface area contributed by atoms with Crippen LogP contribution in [0, 0.1) is 0 Å². The van der Waals surface area contributed by atoms with Crippen LogP contribution >= 0.6 is 0 Å². The summed E-state index contributed by atoms with van der Waals surface area (Å²) in [4.78, 5) is 4.14. The molecule has 23 heteroatoms. The highest BCUT2D eigenvalue weighted by Crippen LogP contribution is 2.65. The predicted molar refractivity (Wildman–Crippen MR) is 282 cm³/mol. The van der Waals surface area contributed by atoms with Gasteiger partial charge in [-0.2, -0.15) is 0 Å². The predicted octanol–water partition coefficient (Wildman–Crippen LogP) is 12.1. The molecule has 0 atom stereocenters. The van der Waals surface area contributed by atoms with Gasteiger partial charge in [0.05, 0.1) is 0 Å². The second-order valence-corrected chi connectivity index (χ2v) is 49.8. The van der Waals surface area contributed by atoms with Crippen LogP contribution in [0.2, 0.25) is 38.8 Å². The minimum Gasteiger partial charge on any atom is -0.373 e. The van der Waals surface area contributed by atoms with Gasteiger partial charge in [-0.15, -0.1) is 0 Å². The Morgan fingerprint density at radius 2 is 0.414 bits per heavy atom. The lowest BCUT2D eigenvalue weighted by molar-refractivity contribution is -0.0512. The Morgan fingerprint density at radius 1 is 0.257 bits per heavy atom. The molecule has 0 amide bonds. The van der Waals surface area contributed by atoms with Crippen LogP contribution in [-0.2, 0) is 49.4 Å². The molecule has 396 valence electrons. The number of guanidine groups is 1. The lowest BCUT2D eigenvalue weighted by atomic mass is 10.0. The lowest BCUT2D eigenvalue weighted by Gasteiger charge is -2.67. The van der Waals surface area contributed by atoms with E-state index in [2.05, 4.69) is 38.0 Å². The van der Waals surface area contributed by atoms with Crippen molar-refractivity contribution in [3.63, 3.8) is 0 Å². The second kappa shape index (κ2) is 20.4. The molecular formula is C47H89N3O12Si8. The van der Waals surface area contributed by atoms with Gasteiger partial charge in [-0.05, 0) is 89.9 Å². The maximum Gasteiger partial charge on any atom is 0.633 e. The minimum atomic E-state index is -4.56. The van der Waals surface area contributed by atoms with E-state index in [0.29, 0.717) is 5.96 Å². The highest BCUT2D eigenvalue weighted by Gasteiger charge is 2.88. The molecule has 13 aliphatic rings. The van der Waals surface area contributed by atoms with Crippen LogP contribution in [0.25, 0.3) is 0 Å². The fourth-order valence-corrected chi connectivity index (χ4v) is 70.1. The van der Waals surface area contributed by atoms with E-state index in [1.807, 2.05) is 0 Å². The van der Waals surface area contributed by atoms with Crippen LogP contribution in [0.4, 0.5) is 0 Å². The average Bonchev–Trinajstić information content (AvgIpc) is 3.37. The highest BCUT2D eigenvalue weighted by atomic mass is 28.6. The molecule has 0 unspecified atom stereocenters. The molecule has 7 aliphatic carbocycles. The monoisotopic (exact) mass is 1110 g/mol. The maximum atomic E-state index is 8.73. The van der Waals surface area contributed by atoms with Gasteiger partial charge >= 0.3 is 70.6 Å². The molecule has 6 heterocycles. The largest absolute Gasteiger partial charge is 0.633 e. The first-order valence-electron chi connectivity index (χ1n) is 29.3. The van der Waals surface area contributed by atoms with E-state index in [1.54, 1.807) is 0 Å². The summed E-state index contributed by atoms with van der Waals surface area (Å²) in [5.41, 5.74) is -0.119. The summed E-state index contributed by atoms with van der Waals surface area (Å²) < 4.78 is 110. The molecular weight excluding hydrogens is 1020 g/mol. The van der Waals surface area contributed by atoms with Crippen LogP contribution in [0.5, 0.6) is 0 Å². The molecule has 0 aromatic rings. The summed E-state index contributed by atoms with van der Waals surface area (Å²) >= 11 is 0. The number of rotatable bonds is 8. The van der Waals surface area contributed by atoms with Gasteiger partial charge in [0.15, 0.2) is 5.96 Å². The van der Waals surface area contributed by atoms with E-state index in [0.717, 1.165) is 180 Å². The molecule has 13 rings (SSSR count). The molecule has 0 aromatic heterocycles. The minimum absolute atomic E-state index is 0.00283. The quantitative estimate of drug-likeness (QED) is 0.130. The third-order valence-corrected chi connectivity index (χ3v) is 57.7. The number of hydrogen-bond acceptors (Lipinski definition) is 13. The molecule has 0 aromatic carbocycles. The van der Waals surface area contributed by atoms with E-state index in [4.69, 9.17) is 54.0 Å². The van der Waals surface area contributed by atoms with Crippen molar-refractivity contribution in [1.29, 1.82) is 0 Å². The van der Waals surface area contributed by atoms with Gasteiger partial charge in [0.25, 0.3) is 0 Å². The molecule has 0 N–H and O–H groups in total. The first-order chi connectivity index (χ1) is 34.0. The summed E-state index contributed by atoms with van der Waals surface area (Å²) in [6, 6.07) is 0. The summed E-state index contributed by atoms with van der Waals surface area (Å²) in [6.45, 7) is 0. The number of nitrogens with zero attached hydrogens (tertiary/aromatic N) is 3. The summed E-state index contributed by atoms with van der Waals surface area (Å²) in [6.07, 6.45) is 36.7. The Balaban J connectivity index is 1.21. The molecule has 7 saturated carbocycles. The Labute approximate surface area is 429 Å². The summed E-state index contributed by atoms with van der Waals surface area (Å²) in [5.74, 6) is 0.701. The van der Waals surface area contributed by atoms with Crippen molar-refractivity contribution in [3.05, 3.63) is 0 Å². The third kappa shape index (κ3) is 9.28. The van der Waals surface area contributed by atoms with Crippen molar-refractivity contribution in [2.45, 2.75) is 264 Å². The summed E-state index contributed by atoms with van der Waals surface area (Å²) in [7, 11) is -25.1. The van der Waals surface area contributed by atoms with E-state index >= 15 is 0 Å². The van der Waals surface area contributed by atoms with Crippen molar-refractivity contribution in [2.75, 3.05) is 28.2 Å². The molecule has 15 nitrogen and oxygen atoms in total. The smallest absolute Gasteiger partial charge is 0.373 e. The normalized spacial score (nSPS) is 44.5. The van der Waals surface area contributed by atoms with Gasteiger partial charge in [-0.3, -0.25) is 0 Å². The zero-order chi connectivity index (χ0) is 47.7. The molecule has 70 heavy (non-hydrogen) atoms. The topological polar surface area (TPSA) is 130 Å². The van der Waals surface area contributed by atoms with Crippen molar-refractivity contribution in [1.82, 2.24) is 9.80 Å². The fourth-order valence-electron chi connectivity index (χ4n) is 15.6. The van der Waals surface area contributed by atoms with E-state index in [9.17, 15) is 0 Å². The van der Waals surface area contributed by atoms with Gasteiger partial charge in [0.1, 0.15) is 0 Å². The van der Waals surface area contributed by atoms with Crippen LogP contribution in [0.1, 0.15) is 225 Å². The first kappa shape index (κ1) is 51.3. The van der Waals surface area contributed by atoms with Gasteiger partial charge in [0.2, 0.25) is 0 Å². The molecule has 0 radical (unpaired) electrons. The van der Waals surface area contributed by atoms with Crippen molar-refractivity contribution in [2.24, 2.45) is 4.66 Å². The third-order valence-electron chi connectivity index (χ3n) is 19.1. The maximum absolute atomic E-state index is 8.73. The van der Waals surface area contributed by atoms with Crippen molar-refractivity contribution in [3.8, 4) is 0 Å². The van der Waals surface area contributed by atoms with Crippen LogP contribution in [0.3, 0.4) is 0 Å². The number of hydrogen-bond donors (Lipinski definition) is 0. The van der Waals surface area contributed by atoms with Gasteiger partial charge in [-0.1, -0.05) is 135 Å². The Kier molecular flexibility index (Phi) is 14.9. The van der Waals surface area contributed by atoms with Gasteiger partial charge in [0, 0.05) is 67.0 Å². The fraction of sp³-hybridized carbons (Fsp3) is 0.979. The van der Waals surface area contributed by atoms with Crippen molar-refractivity contribution >= 4 is 76.6 Å². The highest BCUT2D eigenvalue weighted by molar-refractivity contribution is 7.04. The van der Waals surface area contributed by atoms with Crippen LogP contribution < -0.4 is 0 Å². The van der Waals surface area contributed by atoms with Gasteiger partial charge < -0.3 is 59.2 Å². The molecule has 8 bridgehead atoms. The molecule has 0 spiro atoms.